The molecule has 21 heavy (non-hydrogen) atoms. The zero-order chi connectivity index (χ0) is 15.4. The second-order valence-electron chi connectivity index (χ2n) is 5.16. The molecular weight excluding hydrogens is 284 g/mol. The summed E-state index contributed by atoms with van der Waals surface area (Å²) in [6.45, 7) is 6.57. The number of rotatable bonds is 6. The number of carbonyl (C=O) groups excluding carboxylic acids is 1. The molecule has 6 heteroatoms. The predicted octanol–water partition coefficient (Wildman–Crippen LogP) is 2.96. The number of thiophene rings is 1. The van der Waals surface area contributed by atoms with Gasteiger partial charge in [0.1, 0.15) is 5.82 Å². The standard InChI is InChI=1S/C15H22N4OS/c1-5-7-12-11(6-2)8-13(21-12)15(20)19(4)9-14-16-10(3)17-18-14/h8H,5-7,9H2,1-4H3,(H,16,17,18). The van der Waals surface area contributed by atoms with Gasteiger partial charge in [0.25, 0.3) is 5.91 Å². The molecule has 0 atom stereocenters. The third-order valence-corrected chi connectivity index (χ3v) is 4.56. The third-order valence-electron chi connectivity index (χ3n) is 3.33. The van der Waals surface area contributed by atoms with E-state index >= 15 is 0 Å². The first kappa shape index (κ1) is 15.7. The van der Waals surface area contributed by atoms with Crippen LogP contribution in [0.3, 0.4) is 0 Å². The Morgan fingerprint density at radius 2 is 2.19 bits per heavy atom. The monoisotopic (exact) mass is 306 g/mol. The van der Waals surface area contributed by atoms with E-state index in [2.05, 4.69) is 29.0 Å². The van der Waals surface area contributed by atoms with E-state index in [1.165, 1.54) is 10.4 Å². The smallest absolute Gasteiger partial charge is 0.264 e. The Morgan fingerprint density at radius 1 is 1.43 bits per heavy atom. The highest BCUT2D eigenvalue weighted by Crippen LogP contribution is 2.25. The minimum Gasteiger partial charge on any atom is -0.333 e. The first-order valence-corrected chi connectivity index (χ1v) is 8.11. The number of aromatic amines is 1. The molecule has 5 nitrogen and oxygen atoms in total. The fraction of sp³-hybridized carbons (Fsp3) is 0.533. The van der Waals surface area contributed by atoms with Gasteiger partial charge in [-0.05, 0) is 31.4 Å². The highest BCUT2D eigenvalue weighted by atomic mass is 32.1. The van der Waals surface area contributed by atoms with Gasteiger partial charge in [0.05, 0.1) is 11.4 Å². The van der Waals surface area contributed by atoms with E-state index in [9.17, 15) is 4.79 Å². The molecule has 0 aliphatic rings. The van der Waals surface area contributed by atoms with Crippen LogP contribution in [0.4, 0.5) is 0 Å². The molecule has 0 bridgehead atoms. The molecule has 0 unspecified atom stereocenters. The first-order valence-electron chi connectivity index (χ1n) is 7.30. The number of nitrogens with zero attached hydrogens (tertiary/aromatic N) is 3. The van der Waals surface area contributed by atoms with E-state index in [1.54, 1.807) is 23.3 Å². The molecule has 0 aliphatic heterocycles. The second kappa shape index (κ2) is 6.85. The number of aromatic nitrogens is 3. The number of carbonyl (C=O) groups is 1. The number of hydrogen-bond acceptors (Lipinski definition) is 4. The Morgan fingerprint density at radius 3 is 2.76 bits per heavy atom. The fourth-order valence-corrected chi connectivity index (χ4v) is 3.59. The number of hydrogen-bond donors (Lipinski definition) is 1. The number of aryl methyl sites for hydroxylation is 3. The summed E-state index contributed by atoms with van der Waals surface area (Å²) in [6, 6.07) is 2.04. The van der Waals surface area contributed by atoms with Crippen molar-refractivity contribution in [2.24, 2.45) is 0 Å². The van der Waals surface area contributed by atoms with Crippen LogP contribution in [-0.4, -0.2) is 33.0 Å². The minimum atomic E-state index is 0.0412. The molecule has 2 heterocycles. The predicted molar refractivity (Wildman–Crippen MR) is 84.6 cm³/mol. The normalized spacial score (nSPS) is 10.9. The van der Waals surface area contributed by atoms with Gasteiger partial charge in [0, 0.05) is 11.9 Å². The molecule has 0 fully saturated rings. The molecule has 1 N–H and O–H groups in total. The number of amides is 1. The molecule has 0 aromatic carbocycles. The Hall–Kier alpha value is -1.69. The summed E-state index contributed by atoms with van der Waals surface area (Å²) in [5.74, 6) is 1.45. The van der Waals surface area contributed by atoms with E-state index in [1.807, 2.05) is 13.0 Å². The Kier molecular flexibility index (Phi) is 5.12. The molecule has 0 saturated heterocycles. The van der Waals surface area contributed by atoms with Crippen molar-refractivity contribution in [3.8, 4) is 0 Å². The summed E-state index contributed by atoms with van der Waals surface area (Å²) in [7, 11) is 1.79. The largest absolute Gasteiger partial charge is 0.333 e. The second-order valence-corrected chi connectivity index (χ2v) is 6.30. The van der Waals surface area contributed by atoms with Gasteiger partial charge in [0.2, 0.25) is 0 Å². The number of H-pyrrole nitrogens is 1. The maximum Gasteiger partial charge on any atom is 0.264 e. The average molecular weight is 306 g/mol. The van der Waals surface area contributed by atoms with Gasteiger partial charge in [-0.15, -0.1) is 11.3 Å². The maximum absolute atomic E-state index is 12.5. The van der Waals surface area contributed by atoms with Crippen molar-refractivity contribution in [3.05, 3.63) is 33.0 Å². The number of nitrogens with one attached hydrogen (secondary N) is 1. The van der Waals surface area contributed by atoms with Crippen LogP contribution in [0.1, 0.15) is 52.0 Å². The minimum absolute atomic E-state index is 0.0412. The zero-order valence-electron chi connectivity index (χ0n) is 13.1. The van der Waals surface area contributed by atoms with Gasteiger partial charge >= 0.3 is 0 Å². The van der Waals surface area contributed by atoms with Crippen molar-refractivity contribution in [2.45, 2.75) is 46.6 Å². The summed E-state index contributed by atoms with van der Waals surface area (Å²) in [5.41, 5.74) is 1.30. The van der Waals surface area contributed by atoms with E-state index < -0.39 is 0 Å². The van der Waals surface area contributed by atoms with Gasteiger partial charge in [-0.25, -0.2) is 4.98 Å². The van der Waals surface area contributed by atoms with Crippen LogP contribution in [0.15, 0.2) is 6.07 Å². The molecule has 0 spiro atoms. The summed E-state index contributed by atoms with van der Waals surface area (Å²) in [6.07, 6.45) is 3.13. The van der Waals surface area contributed by atoms with Crippen molar-refractivity contribution in [1.82, 2.24) is 20.1 Å². The molecule has 2 aromatic rings. The molecule has 0 radical (unpaired) electrons. The fourth-order valence-electron chi connectivity index (χ4n) is 2.24. The lowest BCUT2D eigenvalue weighted by atomic mass is 10.1. The van der Waals surface area contributed by atoms with Gasteiger partial charge < -0.3 is 4.90 Å². The van der Waals surface area contributed by atoms with E-state index in [0.717, 1.165) is 30.0 Å². The average Bonchev–Trinajstić information content (AvgIpc) is 3.04. The highest BCUT2D eigenvalue weighted by molar-refractivity contribution is 7.14. The lowest BCUT2D eigenvalue weighted by Crippen LogP contribution is -2.26. The lowest BCUT2D eigenvalue weighted by Gasteiger charge is -2.13. The molecule has 114 valence electrons. The van der Waals surface area contributed by atoms with Crippen LogP contribution < -0.4 is 0 Å². The van der Waals surface area contributed by atoms with Gasteiger partial charge in [-0.1, -0.05) is 20.3 Å². The first-order chi connectivity index (χ1) is 10.0. The molecule has 2 rings (SSSR count). The Labute approximate surface area is 129 Å². The summed E-state index contributed by atoms with van der Waals surface area (Å²) in [5, 5.41) is 6.87. The van der Waals surface area contributed by atoms with Crippen LogP contribution in [0.2, 0.25) is 0 Å². The van der Waals surface area contributed by atoms with Crippen molar-refractivity contribution in [3.63, 3.8) is 0 Å². The Bertz CT molecular complexity index is 617. The lowest BCUT2D eigenvalue weighted by molar-refractivity contribution is 0.0786. The quantitative estimate of drug-likeness (QED) is 0.892. The van der Waals surface area contributed by atoms with Crippen LogP contribution >= 0.6 is 11.3 Å². The molecule has 2 aromatic heterocycles. The SMILES string of the molecule is CCCc1sc(C(=O)N(C)Cc2n[nH]c(C)n2)cc1CC. The topological polar surface area (TPSA) is 61.9 Å². The van der Waals surface area contributed by atoms with Crippen molar-refractivity contribution < 1.29 is 4.79 Å². The summed E-state index contributed by atoms with van der Waals surface area (Å²) < 4.78 is 0. The molecule has 0 aliphatic carbocycles. The zero-order valence-corrected chi connectivity index (χ0v) is 13.9. The summed E-state index contributed by atoms with van der Waals surface area (Å²) in [4.78, 5) is 20.6. The van der Waals surface area contributed by atoms with Gasteiger partial charge in [0.15, 0.2) is 5.82 Å². The van der Waals surface area contributed by atoms with Crippen LogP contribution in [0.5, 0.6) is 0 Å². The highest BCUT2D eigenvalue weighted by Gasteiger charge is 2.18. The van der Waals surface area contributed by atoms with E-state index in [-0.39, 0.29) is 5.91 Å². The van der Waals surface area contributed by atoms with Gasteiger partial charge in [-0.3, -0.25) is 9.89 Å². The summed E-state index contributed by atoms with van der Waals surface area (Å²) >= 11 is 1.62. The van der Waals surface area contributed by atoms with Crippen molar-refractivity contribution in [2.75, 3.05) is 7.05 Å². The van der Waals surface area contributed by atoms with Crippen LogP contribution in [0, 0.1) is 6.92 Å². The molecule has 0 saturated carbocycles. The van der Waals surface area contributed by atoms with Crippen LogP contribution in [-0.2, 0) is 19.4 Å². The van der Waals surface area contributed by atoms with E-state index in [0.29, 0.717) is 12.4 Å². The van der Waals surface area contributed by atoms with Gasteiger partial charge in [-0.2, -0.15) is 5.10 Å². The van der Waals surface area contributed by atoms with E-state index in [4.69, 9.17) is 0 Å². The maximum atomic E-state index is 12.5. The molecular formula is C15H22N4OS. The Balaban J connectivity index is 2.11. The third kappa shape index (κ3) is 3.69. The van der Waals surface area contributed by atoms with Crippen molar-refractivity contribution >= 4 is 17.2 Å². The molecule has 1 amide bonds. The van der Waals surface area contributed by atoms with Crippen molar-refractivity contribution in [1.29, 1.82) is 0 Å². The van der Waals surface area contributed by atoms with Crippen LogP contribution in [0.25, 0.3) is 0 Å².